The molecular weight excluding hydrogens is 326 g/mol. The van der Waals surface area contributed by atoms with Gasteiger partial charge in [0.05, 0.1) is 5.92 Å². The summed E-state index contributed by atoms with van der Waals surface area (Å²) >= 11 is 0. The maximum atomic E-state index is 13.1. The van der Waals surface area contributed by atoms with Gasteiger partial charge in [-0.3, -0.25) is 9.59 Å². The zero-order valence-corrected chi connectivity index (χ0v) is 15.3. The van der Waals surface area contributed by atoms with Crippen molar-refractivity contribution in [3.63, 3.8) is 0 Å². The zero-order chi connectivity index (χ0) is 18.7. The Morgan fingerprint density at radius 2 is 1.58 bits per heavy atom. The Balaban J connectivity index is 1.78. The number of carbonyl (C=O) groups excluding carboxylic acids is 1. The molecule has 136 valence electrons. The molecule has 1 aliphatic heterocycles. The Hall–Kier alpha value is -2.62. The lowest BCUT2D eigenvalue weighted by Crippen LogP contribution is -2.41. The minimum atomic E-state index is -0.838. The number of aliphatic carboxylic acids is 1. The number of benzene rings is 2. The third-order valence-corrected chi connectivity index (χ3v) is 5.22. The van der Waals surface area contributed by atoms with Gasteiger partial charge in [-0.15, -0.1) is 0 Å². The molecule has 0 aromatic heterocycles. The first-order chi connectivity index (χ1) is 12.4. The van der Waals surface area contributed by atoms with Gasteiger partial charge in [-0.25, -0.2) is 0 Å². The van der Waals surface area contributed by atoms with Gasteiger partial charge in [0.2, 0.25) is 5.91 Å². The van der Waals surface area contributed by atoms with E-state index in [2.05, 4.69) is 0 Å². The van der Waals surface area contributed by atoms with Crippen molar-refractivity contribution in [3.05, 3.63) is 71.8 Å². The molecule has 0 saturated carbocycles. The quantitative estimate of drug-likeness (QED) is 0.896. The molecule has 0 spiro atoms. The molecule has 0 radical (unpaired) electrons. The van der Waals surface area contributed by atoms with Crippen molar-refractivity contribution in [3.8, 4) is 0 Å². The van der Waals surface area contributed by atoms with Crippen molar-refractivity contribution in [2.75, 3.05) is 13.1 Å². The van der Waals surface area contributed by atoms with Crippen LogP contribution in [-0.2, 0) is 16.0 Å². The second-order valence-electron chi connectivity index (χ2n) is 7.72. The fourth-order valence-corrected chi connectivity index (χ4v) is 3.87. The first-order valence-electron chi connectivity index (χ1n) is 8.99. The molecular formula is C22H25NO3. The first kappa shape index (κ1) is 18.2. The van der Waals surface area contributed by atoms with Gasteiger partial charge in [-0.1, -0.05) is 74.5 Å². The highest BCUT2D eigenvalue weighted by atomic mass is 16.4. The molecule has 2 unspecified atom stereocenters. The fourth-order valence-electron chi connectivity index (χ4n) is 3.87. The van der Waals surface area contributed by atoms with Gasteiger partial charge in [0, 0.05) is 24.4 Å². The van der Waals surface area contributed by atoms with Crippen LogP contribution in [0.3, 0.4) is 0 Å². The molecule has 2 atom stereocenters. The van der Waals surface area contributed by atoms with Crippen LogP contribution in [0.2, 0.25) is 0 Å². The Bertz CT molecular complexity index is 770. The lowest BCUT2D eigenvalue weighted by atomic mass is 9.84. The van der Waals surface area contributed by atoms with Crippen LogP contribution in [0.5, 0.6) is 0 Å². The van der Waals surface area contributed by atoms with Crippen LogP contribution in [0.1, 0.15) is 30.9 Å². The summed E-state index contributed by atoms with van der Waals surface area (Å²) in [6.45, 7) is 4.60. The molecule has 1 fully saturated rings. The highest BCUT2D eigenvalue weighted by Gasteiger charge is 2.43. The van der Waals surface area contributed by atoms with E-state index in [1.54, 1.807) is 4.90 Å². The van der Waals surface area contributed by atoms with E-state index in [-0.39, 0.29) is 18.4 Å². The van der Waals surface area contributed by atoms with Gasteiger partial charge in [-0.2, -0.15) is 0 Å². The molecule has 0 aliphatic carbocycles. The summed E-state index contributed by atoms with van der Waals surface area (Å²) < 4.78 is 0. The van der Waals surface area contributed by atoms with Crippen molar-refractivity contribution in [2.45, 2.75) is 26.2 Å². The lowest BCUT2D eigenvalue weighted by Gasteiger charge is -2.29. The smallest absolute Gasteiger partial charge is 0.308 e. The number of hydrogen-bond donors (Lipinski definition) is 1. The van der Waals surface area contributed by atoms with E-state index in [0.717, 1.165) is 11.1 Å². The molecule has 26 heavy (non-hydrogen) atoms. The highest BCUT2D eigenvalue weighted by Crippen LogP contribution is 2.36. The molecule has 0 bridgehead atoms. The van der Waals surface area contributed by atoms with Gasteiger partial charge in [-0.05, 0) is 17.5 Å². The molecule has 2 aromatic rings. The van der Waals surface area contributed by atoms with Crippen LogP contribution >= 0.6 is 0 Å². The topological polar surface area (TPSA) is 57.6 Å². The summed E-state index contributed by atoms with van der Waals surface area (Å²) in [5.74, 6) is -1.54. The Kier molecular flexibility index (Phi) is 5.12. The van der Waals surface area contributed by atoms with Crippen molar-refractivity contribution in [1.29, 1.82) is 0 Å². The van der Waals surface area contributed by atoms with Gasteiger partial charge in [0.25, 0.3) is 0 Å². The Morgan fingerprint density at radius 3 is 2.15 bits per heavy atom. The fraction of sp³-hybridized carbons (Fsp3) is 0.364. The molecule has 2 aromatic carbocycles. The summed E-state index contributed by atoms with van der Waals surface area (Å²) in [5, 5.41) is 9.64. The van der Waals surface area contributed by atoms with Gasteiger partial charge < -0.3 is 10.0 Å². The molecule has 1 N–H and O–H groups in total. The molecule has 3 rings (SSSR count). The largest absolute Gasteiger partial charge is 0.481 e. The van der Waals surface area contributed by atoms with Crippen LogP contribution in [0, 0.1) is 11.3 Å². The van der Waals surface area contributed by atoms with Crippen LogP contribution in [0.4, 0.5) is 0 Å². The van der Waals surface area contributed by atoms with Crippen molar-refractivity contribution in [1.82, 2.24) is 4.90 Å². The molecule has 1 amide bonds. The third-order valence-electron chi connectivity index (χ3n) is 5.22. The number of likely N-dealkylation sites (tertiary alicyclic amines) is 1. The van der Waals surface area contributed by atoms with Crippen molar-refractivity contribution < 1.29 is 14.7 Å². The van der Waals surface area contributed by atoms with Crippen molar-refractivity contribution in [2.24, 2.45) is 11.3 Å². The Morgan fingerprint density at radius 1 is 1.00 bits per heavy atom. The number of carboxylic acid groups (broad SMARTS) is 1. The monoisotopic (exact) mass is 351 g/mol. The minimum Gasteiger partial charge on any atom is -0.481 e. The second-order valence-corrected chi connectivity index (χ2v) is 7.72. The first-order valence-corrected chi connectivity index (χ1v) is 8.99. The van der Waals surface area contributed by atoms with E-state index in [0.29, 0.717) is 13.0 Å². The zero-order valence-electron chi connectivity index (χ0n) is 15.3. The number of rotatable bonds is 5. The van der Waals surface area contributed by atoms with E-state index < -0.39 is 17.3 Å². The van der Waals surface area contributed by atoms with Crippen LogP contribution in [-0.4, -0.2) is 35.0 Å². The SMILES string of the molecule is CC(C)(Cc1ccccc1)C(=O)N1CC(C(=O)O)C(c2ccccc2)C1. The minimum absolute atomic E-state index is 0.0195. The number of carboxylic acids is 1. The number of nitrogens with zero attached hydrogens (tertiary/aromatic N) is 1. The van der Waals surface area contributed by atoms with E-state index in [4.69, 9.17) is 0 Å². The highest BCUT2D eigenvalue weighted by molar-refractivity contribution is 5.84. The molecule has 1 aliphatic rings. The summed E-state index contributed by atoms with van der Waals surface area (Å²) in [5.41, 5.74) is 1.52. The van der Waals surface area contributed by atoms with Crippen LogP contribution in [0.25, 0.3) is 0 Å². The number of carbonyl (C=O) groups is 2. The standard InChI is InChI=1S/C22H25NO3/c1-22(2,13-16-9-5-3-6-10-16)21(26)23-14-18(19(15-23)20(24)25)17-11-7-4-8-12-17/h3-12,18-19H,13-15H2,1-2H3,(H,24,25). The predicted octanol–water partition coefficient (Wildman–Crippen LogP) is 3.58. The van der Waals surface area contributed by atoms with Gasteiger partial charge in [0.15, 0.2) is 0 Å². The normalized spacial score (nSPS) is 20.2. The molecule has 1 saturated heterocycles. The summed E-state index contributed by atoms with van der Waals surface area (Å²) in [6, 6.07) is 19.6. The number of hydrogen-bond acceptors (Lipinski definition) is 2. The molecule has 1 heterocycles. The second kappa shape index (κ2) is 7.32. The summed E-state index contributed by atoms with van der Waals surface area (Å²) in [6.07, 6.45) is 0.636. The third kappa shape index (κ3) is 3.79. The molecule has 4 heteroatoms. The van der Waals surface area contributed by atoms with Gasteiger partial charge >= 0.3 is 5.97 Å². The Labute approximate surface area is 154 Å². The van der Waals surface area contributed by atoms with Gasteiger partial charge in [0.1, 0.15) is 0 Å². The van der Waals surface area contributed by atoms with E-state index in [9.17, 15) is 14.7 Å². The maximum Gasteiger partial charge on any atom is 0.308 e. The molecule has 4 nitrogen and oxygen atoms in total. The predicted molar refractivity (Wildman–Crippen MR) is 101 cm³/mol. The maximum absolute atomic E-state index is 13.1. The van der Waals surface area contributed by atoms with Crippen molar-refractivity contribution >= 4 is 11.9 Å². The summed E-state index contributed by atoms with van der Waals surface area (Å²) in [4.78, 5) is 26.6. The van der Waals surface area contributed by atoms with E-state index in [1.165, 1.54) is 0 Å². The summed E-state index contributed by atoms with van der Waals surface area (Å²) in [7, 11) is 0. The van der Waals surface area contributed by atoms with Crippen LogP contribution < -0.4 is 0 Å². The van der Waals surface area contributed by atoms with E-state index in [1.807, 2.05) is 74.5 Å². The average molecular weight is 351 g/mol. The van der Waals surface area contributed by atoms with E-state index >= 15 is 0 Å². The number of amides is 1. The lowest BCUT2D eigenvalue weighted by molar-refractivity contribution is -0.142. The average Bonchev–Trinajstić information content (AvgIpc) is 3.08. The van der Waals surface area contributed by atoms with Crippen LogP contribution in [0.15, 0.2) is 60.7 Å².